The van der Waals surface area contributed by atoms with Crippen LogP contribution in [0.5, 0.6) is 0 Å². The van der Waals surface area contributed by atoms with E-state index >= 15 is 0 Å². The molecule has 0 saturated heterocycles. The van der Waals surface area contributed by atoms with E-state index in [4.69, 9.17) is 17.3 Å². The molecule has 0 bridgehead atoms. The first-order valence-corrected chi connectivity index (χ1v) is 7.45. The number of aromatic nitrogens is 3. The van der Waals surface area contributed by atoms with Gasteiger partial charge in [-0.05, 0) is 34.5 Å². The maximum Gasteiger partial charge on any atom is 0.245 e. The maximum atomic E-state index is 11.7. The van der Waals surface area contributed by atoms with Crippen molar-refractivity contribution < 1.29 is 5.03 Å². The van der Waals surface area contributed by atoms with Gasteiger partial charge in [-0.2, -0.15) is 0 Å². The van der Waals surface area contributed by atoms with Gasteiger partial charge in [0.05, 0.1) is 5.69 Å². The molecule has 0 unspecified atom stereocenters. The largest absolute Gasteiger partial charge is 0.381 e. The Morgan fingerprint density at radius 2 is 1.76 bits per heavy atom. The first-order valence-electron chi connectivity index (χ1n) is 7.08. The van der Waals surface area contributed by atoms with E-state index in [1.165, 1.54) is 0 Å². The van der Waals surface area contributed by atoms with E-state index in [9.17, 15) is 10.1 Å². The number of nitrogens with one attached hydrogen (secondary N) is 1. The molecule has 0 fully saturated rings. The van der Waals surface area contributed by atoms with Crippen LogP contribution in [0.1, 0.15) is 0 Å². The molecule has 25 heavy (non-hydrogen) atoms. The Kier molecular flexibility index (Phi) is 4.57. The van der Waals surface area contributed by atoms with Crippen molar-refractivity contribution in [2.75, 3.05) is 16.1 Å². The van der Waals surface area contributed by atoms with Crippen molar-refractivity contribution in [3.63, 3.8) is 0 Å². The number of hydrazine groups is 1. The molecule has 9 nitrogen and oxygen atoms in total. The van der Waals surface area contributed by atoms with Gasteiger partial charge in [-0.3, -0.25) is 0 Å². The van der Waals surface area contributed by atoms with Crippen LogP contribution in [0, 0.1) is 10.1 Å². The maximum absolute atomic E-state index is 11.7. The van der Waals surface area contributed by atoms with Crippen molar-refractivity contribution in [2.24, 2.45) is 0 Å². The molecule has 0 radical (unpaired) electrons. The predicted octanol–water partition coefficient (Wildman–Crippen LogP) is 3.18. The fourth-order valence-electron chi connectivity index (χ4n) is 2.17. The lowest BCUT2D eigenvalue weighted by molar-refractivity contribution is -0.483. The summed E-state index contributed by atoms with van der Waals surface area (Å²) >= 11 is 6.04. The molecule has 3 N–H and O–H groups in total. The van der Waals surface area contributed by atoms with E-state index in [1.54, 1.807) is 24.3 Å². The second-order valence-corrected chi connectivity index (χ2v) is 5.25. The van der Waals surface area contributed by atoms with Gasteiger partial charge in [-0.1, -0.05) is 41.9 Å². The van der Waals surface area contributed by atoms with Crippen LogP contribution in [0.25, 0.3) is 0 Å². The van der Waals surface area contributed by atoms with Gasteiger partial charge in [0.25, 0.3) is 0 Å². The second kappa shape index (κ2) is 6.97. The molecule has 1 heterocycles. The van der Waals surface area contributed by atoms with Crippen LogP contribution >= 0.6 is 11.6 Å². The van der Waals surface area contributed by atoms with Gasteiger partial charge < -0.3 is 11.1 Å². The van der Waals surface area contributed by atoms with Crippen LogP contribution in [0.15, 0.2) is 54.6 Å². The van der Waals surface area contributed by atoms with Gasteiger partial charge in [-0.15, -0.1) is 10.2 Å². The van der Waals surface area contributed by atoms with E-state index in [2.05, 4.69) is 20.7 Å². The lowest BCUT2D eigenvalue weighted by Gasteiger charge is -2.18. The second-order valence-electron chi connectivity index (χ2n) is 4.87. The van der Waals surface area contributed by atoms with Crippen LogP contribution in [0.2, 0.25) is 5.02 Å². The SMILES string of the molecule is Nc1nnnc(N(c2ccccc2Nc2ccccc2)[N+](=O)[O-])c1Cl. The number of anilines is 5. The first-order chi connectivity index (χ1) is 12.1. The summed E-state index contributed by atoms with van der Waals surface area (Å²) in [5, 5.41) is 25.3. The van der Waals surface area contributed by atoms with E-state index in [0.717, 1.165) is 5.69 Å². The van der Waals surface area contributed by atoms with Crippen molar-refractivity contribution in [1.82, 2.24) is 15.4 Å². The fraction of sp³-hybridized carbons (Fsp3) is 0. The molecule has 1 aromatic heterocycles. The van der Waals surface area contributed by atoms with Gasteiger partial charge in [0.2, 0.25) is 5.82 Å². The van der Waals surface area contributed by atoms with E-state index in [0.29, 0.717) is 10.7 Å². The highest BCUT2D eigenvalue weighted by molar-refractivity contribution is 6.35. The highest BCUT2D eigenvalue weighted by Gasteiger charge is 2.29. The number of para-hydroxylation sites is 3. The molecular formula is C15H12ClN7O2. The zero-order valence-electron chi connectivity index (χ0n) is 12.7. The Morgan fingerprint density at radius 3 is 2.48 bits per heavy atom. The Morgan fingerprint density at radius 1 is 1.08 bits per heavy atom. The highest BCUT2D eigenvalue weighted by Crippen LogP contribution is 2.36. The van der Waals surface area contributed by atoms with Crippen molar-refractivity contribution in [3.8, 4) is 0 Å². The van der Waals surface area contributed by atoms with Crippen molar-refractivity contribution in [1.29, 1.82) is 0 Å². The van der Waals surface area contributed by atoms with Gasteiger partial charge >= 0.3 is 0 Å². The Hall–Kier alpha value is -3.46. The normalized spacial score (nSPS) is 10.3. The van der Waals surface area contributed by atoms with Crippen LogP contribution in [0.4, 0.5) is 28.7 Å². The summed E-state index contributed by atoms with van der Waals surface area (Å²) in [5.41, 5.74) is 7.06. The van der Waals surface area contributed by atoms with Crippen LogP contribution in [-0.2, 0) is 0 Å². The number of nitro groups is 1. The first kappa shape index (κ1) is 16.4. The average Bonchev–Trinajstić information content (AvgIpc) is 2.61. The average molecular weight is 358 g/mol. The van der Waals surface area contributed by atoms with E-state index in [-0.39, 0.29) is 22.3 Å². The number of nitrogens with two attached hydrogens (primary N) is 1. The molecule has 0 aliphatic rings. The van der Waals surface area contributed by atoms with Gasteiger partial charge in [-0.25, -0.2) is 10.1 Å². The molecule has 0 amide bonds. The summed E-state index contributed by atoms with van der Waals surface area (Å²) in [7, 11) is 0. The van der Waals surface area contributed by atoms with Crippen molar-refractivity contribution in [3.05, 3.63) is 69.7 Å². The number of hydrogen-bond acceptors (Lipinski definition) is 7. The number of hydrogen-bond donors (Lipinski definition) is 2. The third-order valence-electron chi connectivity index (χ3n) is 3.26. The summed E-state index contributed by atoms with van der Waals surface area (Å²) in [6.45, 7) is 0. The van der Waals surface area contributed by atoms with Crippen molar-refractivity contribution >= 4 is 40.3 Å². The molecule has 2 aromatic carbocycles. The number of halogens is 1. The number of rotatable bonds is 5. The Bertz CT molecular complexity index is 907. The molecule has 3 aromatic rings. The topological polar surface area (TPSA) is 123 Å². The summed E-state index contributed by atoms with van der Waals surface area (Å²) in [5.74, 6) is -0.367. The van der Waals surface area contributed by atoms with E-state index < -0.39 is 5.03 Å². The minimum atomic E-state index is -0.652. The quantitative estimate of drug-likeness (QED) is 0.527. The van der Waals surface area contributed by atoms with Crippen molar-refractivity contribution in [2.45, 2.75) is 0 Å². The molecule has 0 atom stereocenters. The highest BCUT2D eigenvalue weighted by atomic mass is 35.5. The minimum absolute atomic E-state index is 0.146. The number of nitrogens with zero attached hydrogens (tertiary/aromatic N) is 5. The molecule has 0 spiro atoms. The number of benzene rings is 2. The molecule has 0 aliphatic heterocycles. The third-order valence-corrected chi connectivity index (χ3v) is 3.62. The number of nitrogen functional groups attached to an aromatic ring is 1. The molecule has 3 rings (SSSR count). The van der Waals surface area contributed by atoms with Crippen LogP contribution in [-0.4, -0.2) is 20.4 Å². The fourth-order valence-corrected chi connectivity index (χ4v) is 2.33. The molecular weight excluding hydrogens is 346 g/mol. The summed E-state index contributed by atoms with van der Waals surface area (Å²) in [6, 6.07) is 15.9. The Balaban J connectivity index is 2.09. The lowest BCUT2D eigenvalue weighted by Crippen LogP contribution is -2.27. The molecule has 10 heteroatoms. The third kappa shape index (κ3) is 3.40. The van der Waals surface area contributed by atoms with Gasteiger partial charge in [0.1, 0.15) is 10.7 Å². The predicted molar refractivity (Wildman–Crippen MR) is 94.5 cm³/mol. The Labute approximate surface area is 147 Å². The zero-order chi connectivity index (χ0) is 17.8. The summed E-state index contributed by atoms with van der Waals surface area (Å²) in [6.07, 6.45) is 0. The summed E-state index contributed by atoms with van der Waals surface area (Å²) < 4.78 is 0. The molecule has 0 saturated carbocycles. The van der Waals surface area contributed by atoms with Gasteiger partial charge in [0, 0.05) is 5.69 Å². The van der Waals surface area contributed by atoms with Gasteiger partial charge in [0.15, 0.2) is 10.9 Å². The summed E-state index contributed by atoms with van der Waals surface area (Å²) in [4.78, 5) is 11.7. The zero-order valence-corrected chi connectivity index (χ0v) is 13.5. The molecule has 126 valence electrons. The lowest BCUT2D eigenvalue weighted by atomic mass is 10.2. The smallest absolute Gasteiger partial charge is 0.245 e. The van der Waals surface area contributed by atoms with Crippen LogP contribution in [0.3, 0.4) is 0 Å². The molecule has 0 aliphatic carbocycles. The minimum Gasteiger partial charge on any atom is -0.381 e. The standard InChI is InChI=1S/C15H12ClN7O2/c16-13-14(17)19-21-20-15(13)22(23(24)25)12-9-5-4-8-11(12)18-10-6-2-1-3-7-10/h1-9,18H,(H2,17,19,20). The monoisotopic (exact) mass is 357 g/mol. The van der Waals surface area contributed by atoms with Crippen LogP contribution < -0.4 is 16.1 Å². The van der Waals surface area contributed by atoms with E-state index in [1.807, 2.05) is 30.3 Å².